The molecule has 0 saturated carbocycles. The first-order valence-electron chi connectivity index (χ1n) is 7.78. The minimum Gasteiger partial charge on any atom is -0.752 e. The molecule has 132 valence electrons. The normalized spacial score (nSPS) is 10.0. The second-order valence-electron chi connectivity index (χ2n) is 5.17. The summed E-state index contributed by atoms with van der Waals surface area (Å²) in [5.74, 6) is -0.555. The van der Waals surface area contributed by atoms with Crippen LogP contribution in [0.1, 0.15) is 17.3 Å². The van der Waals surface area contributed by atoms with Crippen molar-refractivity contribution in [3.05, 3.63) is 70.8 Å². The predicted octanol–water partition coefficient (Wildman–Crippen LogP) is 1.01. The van der Waals surface area contributed by atoms with Crippen LogP contribution in [0, 0.1) is 5.21 Å². The Labute approximate surface area is 183 Å². The minimum absolute atomic E-state index is 0. The third kappa shape index (κ3) is 5.24. The zero-order valence-electron chi connectivity index (χ0n) is 14.8. The number of halogens is 1. The van der Waals surface area contributed by atoms with Gasteiger partial charge < -0.3 is 15.0 Å². The number of rotatable bonds is 5. The number of esters is 1. The van der Waals surface area contributed by atoms with Gasteiger partial charge in [0.15, 0.2) is 0 Å². The maximum atomic E-state index is 12.6. The Morgan fingerprint density at radius 3 is 2.70 bits per heavy atom. The zero-order chi connectivity index (χ0) is 18.5. The van der Waals surface area contributed by atoms with Gasteiger partial charge in [-0.2, -0.15) is 0 Å². The number of pyridine rings is 1. The molecule has 0 N–H and O–H groups in total. The van der Waals surface area contributed by atoms with E-state index in [0.29, 0.717) is 21.5 Å². The third-order valence-electron chi connectivity index (χ3n) is 3.44. The summed E-state index contributed by atoms with van der Waals surface area (Å²) in [4.78, 5) is 24.0. The van der Waals surface area contributed by atoms with Crippen LogP contribution >= 0.6 is 11.6 Å². The number of aromatic nitrogens is 3. The number of ether oxygens (including phenoxy) is 1. The quantitative estimate of drug-likeness (QED) is 0.277. The molecular formula is C18H14ClN4NaO3. The van der Waals surface area contributed by atoms with Crippen molar-refractivity contribution in [1.29, 1.82) is 0 Å². The van der Waals surface area contributed by atoms with E-state index in [0.717, 1.165) is 0 Å². The summed E-state index contributed by atoms with van der Waals surface area (Å²) >= 11 is 5.90. The van der Waals surface area contributed by atoms with Gasteiger partial charge in [-0.15, -0.1) is 0 Å². The topological polar surface area (TPSA) is 91.3 Å². The van der Waals surface area contributed by atoms with E-state index >= 15 is 0 Å². The Morgan fingerprint density at radius 1 is 1.19 bits per heavy atom. The Bertz CT molecular complexity index is 942. The molecule has 0 spiro atoms. The summed E-state index contributed by atoms with van der Waals surface area (Å²) in [5, 5.41) is 13.5. The van der Waals surface area contributed by atoms with Gasteiger partial charge >= 0.3 is 35.5 Å². The monoisotopic (exact) mass is 392 g/mol. The summed E-state index contributed by atoms with van der Waals surface area (Å²) in [6, 6.07) is 11.2. The van der Waals surface area contributed by atoms with Crippen molar-refractivity contribution < 1.29 is 39.1 Å². The largest absolute Gasteiger partial charge is 1.00 e. The van der Waals surface area contributed by atoms with Crippen molar-refractivity contribution in [2.45, 2.75) is 6.92 Å². The van der Waals surface area contributed by atoms with Gasteiger partial charge in [0, 0.05) is 23.6 Å². The fourth-order valence-electron chi connectivity index (χ4n) is 2.26. The minimum atomic E-state index is -0.496. The van der Waals surface area contributed by atoms with E-state index in [2.05, 4.69) is 15.0 Å². The number of anilines is 2. The Morgan fingerprint density at radius 2 is 1.96 bits per heavy atom. The van der Waals surface area contributed by atoms with Crippen molar-refractivity contribution in [3.63, 3.8) is 0 Å². The first-order chi connectivity index (χ1) is 12.6. The molecule has 7 nitrogen and oxygen atoms in total. The molecule has 0 aliphatic heterocycles. The van der Waals surface area contributed by atoms with Crippen LogP contribution < -0.4 is 34.6 Å². The van der Waals surface area contributed by atoms with Crippen molar-refractivity contribution in [3.8, 4) is 11.3 Å². The molecule has 3 aromatic rings. The van der Waals surface area contributed by atoms with E-state index in [1.165, 1.54) is 12.3 Å². The van der Waals surface area contributed by atoms with Gasteiger partial charge in [-0.05, 0) is 43.3 Å². The summed E-state index contributed by atoms with van der Waals surface area (Å²) in [7, 11) is 0. The predicted molar refractivity (Wildman–Crippen MR) is 98.2 cm³/mol. The van der Waals surface area contributed by atoms with Crippen LogP contribution in [0.3, 0.4) is 0 Å². The molecule has 3 rings (SSSR count). The summed E-state index contributed by atoms with van der Waals surface area (Å²) in [6.45, 7) is 1.97. The molecular weight excluding hydrogens is 379 g/mol. The van der Waals surface area contributed by atoms with Crippen LogP contribution in [0.25, 0.3) is 11.3 Å². The molecule has 0 bridgehead atoms. The number of hydrogen-bond donors (Lipinski definition) is 0. The van der Waals surface area contributed by atoms with E-state index in [4.69, 9.17) is 16.3 Å². The van der Waals surface area contributed by atoms with E-state index in [-0.39, 0.29) is 53.4 Å². The fraction of sp³-hybridized carbons (Fsp3) is 0.111. The SMILES string of the molecule is CCOC(=O)c1cccc(N([O-])c2nccc(-c3ccnc(Cl)c3)n2)c1.[Na+]. The number of nitrogens with zero attached hydrogens (tertiary/aromatic N) is 4. The molecule has 9 heteroatoms. The second kappa shape index (κ2) is 9.77. The number of carbonyl (C=O) groups is 1. The van der Waals surface area contributed by atoms with Gasteiger partial charge in [0.1, 0.15) is 5.15 Å². The standard InChI is InChI=1S/C18H14ClN4O3.Na/c1-2-26-17(24)13-4-3-5-14(10-13)23(25)18-21-9-7-15(22-18)12-6-8-20-16(19)11-12;/h3-11H,2H2,1H3;/q-1;+1. The van der Waals surface area contributed by atoms with Crippen molar-refractivity contribution in [2.24, 2.45) is 0 Å². The Balaban J connectivity index is 0.00000261. The Hall–Kier alpha value is -2.03. The molecule has 0 unspecified atom stereocenters. The van der Waals surface area contributed by atoms with Crippen LogP contribution in [0.15, 0.2) is 54.9 Å². The molecule has 0 saturated heterocycles. The molecule has 0 aliphatic carbocycles. The molecule has 27 heavy (non-hydrogen) atoms. The number of carbonyl (C=O) groups excluding carboxylic acids is 1. The second-order valence-corrected chi connectivity index (χ2v) is 5.56. The molecule has 0 fully saturated rings. The Kier molecular flexibility index (Phi) is 7.70. The molecule has 0 amide bonds. The van der Waals surface area contributed by atoms with Crippen molar-refractivity contribution in [1.82, 2.24) is 15.0 Å². The van der Waals surface area contributed by atoms with Crippen molar-refractivity contribution >= 4 is 29.2 Å². The average Bonchev–Trinajstić information content (AvgIpc) is 2.68. The van der Waals surface area contributed by atoms with Crippen LogP contribution in [0.2, 0.25) is 5.15 Å². The van der Waals surface area contributed by atoms with Crippen LogP contribution in [-0.2, 0) is 4.74 Å². The van der Waals surface area contributed by atoms with E-state index in [1.807, 2.05) is 0 Å². The van der Waals surface area contributed by atoms with Gasteiger partial charge in [-0.1, -0.05) is 17.7 Å². The number of benzene rings is 1. The maximum absolute atomic E-state index is 12.6. The first kappa shape index (κ1) is 21.3. The number of hydrogen-bond acceptors (Lipinski definition) is 7. The average molecular weight is 393 g/mol. The summed E-state index contributed by atoms with van der Waals surface area (Å²) in [5.41, 5.74) is 1.74. The van der Waals surface area contributed by atoms with Gasteiger partial charge in [0.25, 0.3) is 0 Å². The van der Waals surface area contributed by atoms with Crippen LogP contribution in [0.5, 0.6) is 0 Å². The van der Waals surface area contributed by atoms with E-state index < -0.39 is 5.97 Å². The molecule has 0 aliphatic rings. The summed E-state index contributed by atoms with van der Waals surface area (Å²) in [6.07, 6.45) is 3.03. The molecule has 0 radical (unpaired) electrons. The smallest absolute Gasteiger partial charge is 0.752 e. The van der Waals surface area contributed by atoms with Gasteiger partial charge in [0.2, 0.25) is 5.95 Å². The van der Waals surface area contributed by atoms with E-state index in [1.54, 1.807) is 49.5 Å². The fourth-order valence-corrected chi connectivity index (χ4v) is 2.43. The van der Waals surface area contributed by atoms with Crippen molar-refractivity contribution in [2.75, 3.05) is 11.7 Å². The van der Waals surface area contributed by atoms with Gasteiger partial charge in [-0.25, -0.2) is 19.7 Å². The van der Waals surface area contributed by atoms with Crippen LogP contribution in [-0.4, -0.2) is 27.5 Å². The molecule has 0 atom stereocenters. The van der Waals surface area contributed by atoms with Gasteiger partial charge in [-0.3, -0.25) is 0 Å². The molecule has 2 aromatic heterocycles. The summed E-state index contributed by atoms with van der Waals surface area (Å²) < 4.78 is 4.95. The van der Waals surface area contributed by atoms with E-state index in [9.17, 15) is 10.0 Å². The van der Waals surface area contributed by atoms with Gasteiger partial charge in [0.05, 0.1) is 17.9 Å². The third-order valence-corrected chi connectivity index (χ3v) is 3.65. The molecule has 2 heterocycles. The zero-order valence-corrected chi connectivity index (χ0v) is 17.6. The van der Waals surface area contributed by atoms with Crippen LogP contribution in [0.4, 0.5) is 11.6 Å². The first-order valence-corrected chi connectivity index (χ1v) is 8.15. The molecule has 1 aromatic carbocycles. The maximum Gasteiger partial charge on any atom is 1.00 e.